The second kappa shape index (κ2) is 11.8. The van der Waals surface area contributed by atoms with Gasteiger partial charge in [0.1, 0.15) is 0 Å². The van der Waals surface area contributed by atoms with Crippen LogP contribution in [0.4, 0.5) is 11.4 Å². The molecule has 1 aliphatic carbocycles. The summed E-state index contributed by atoms with van der Waals surface area (Å²) >= 11 is 0. The molecule has 0 radical (unpaired) electrons. The molecular formula is C29H37N5O7S. The first-order valence-electron chi connectivity index (χ1n) is 13.0. The second-order valence-corrected chi connectivity index (χ2v) is 13.3. The highest BCUT2D eigenvalue weighted by Crippen LogP contribution is 2.50. The number of sulfonamides is 1. The van der Waals surface area contributed by atoms with Crippen LogP contribution >= 0.6 is 0 Å². The fraction of sp³-hybridized carbons (Fsp3) is 0.379. The van der Waals surface area contributed by atoms with Gasteiger partial charge in [0.2, 0.25) is 15.9 Å². The molecule has 2 aromatic carbocycles. The predicted octanol–water partition coefficient (Wildman–Crippen LogP) is 4.08. The topological polar surface area (TPSA) is 183 Å². The third-order valence-electron chi connectivity index (χ3n) is 6.82. The number of carboxylic acids is 1. The van der Waals surface area contributed by atoms with E-state index in [0.29, 0.717) is 16.9 Å². The Morgan fingerprint density at radius 2 is 1.69 bits per heavy atom. The number of ether oxygens (including phenoxy) is 1. The summed E-state index contributed by atoms with van der Waals surface area (Å²) < 4.78 is 33.3. The number of benzene rings is 2. The van der Waals surface area contributed by atoms with Crippen LogP contribution in [0.25, 0.3) is 5.69 Å². The summed E-state index contributed by atoms with van der Waals surface area (Å²) in [6.07, 6.45) is 5.57. The van der Waals surface area contributed by atoms with Gasteiger partial charge in [-0.1, -0.05) is 33.8 Å². The number of nitrogens with two attached hydrogens (primary N) is 1. The molecule has 1 heterocycles. The van der Waals surface area contributed by atoms with Crippen LogP contribution in [-0.4, -0.2) is 54.5 Å². The molecule has 4 rings (SSSR count). The average Bonchev–Trinajstić information content (AvgIpc) is 3.42. The molecule has 0 aliphatic heterocycles. The molecule has 1 fully saturated rings. The summed E-state index contributed by atoms with van der Waals surface area (Å²) in [7, 11) is -2.19. The summed E-state index contributed by atoms with van der Waals surface area (Å²) in [5, 5.41) is 16.1. The van der Waals surface area contributed by atoms with Crippen LogP contribution in [0.1, 0.15) is 72.4 Å². The van der Waals surface area contributed by atoms with E-state index in [1.54, 1.807) is 51.1 Å². The lowest BCUT2D eigenvalue weighted by Gasteiger charge is -2.20. The van der Waals surface area contributed by atoms with E-state index in [9.17, 15) is 27.9 Å². The molecule has 226 valence electrons. The molecule has 0 spiro atoms. The Labute approximate surface area is 245 Å². The van der Waals surface area contributed by atoms with Crippen molar-refractivity contribution >= 4 is 39.2 Å². The van der Waals surface area contributed by atoms with E-state index in [1.165, 1.54) is 24.2 Å². The van der Waals surface area contributed by atoms with E-state index in [1.807, 2.05) is 6.92 Å². The Balaban J connectivity index is 0.000000616. The van der Waals surface area contributed by atoms with E-state index in [-0.39, 0.29) is 33.7 Å². The number of aromatic carboxylic acids is 1. The summed E-state index contributed by atoms with van der Waals surface area (Å²) in [5.41, 5.74) is 7.63. The number of anilines is 2. The smallest absolute Gasteiger partial charge is 0.338 e. The zero-order valence-electron chi connectivity index (χ0n) is 24.7. The number of amides is 2. The first kappa shape index (κ1) is 32.1. The average molecular weight is 600 g/mol. The van der Waals surface area contributed by atoms with Crippen molar-refractivity contribution in [2.75, 3.05) is 23.4 Å². The van der Waals surface area contributed by atoms with E-state index >= 15 is 0 Å². The van der Waals surface area contributed by atoms with Crippen LogP contribution in [0.3, 0.4) is 0 Å². The number of aryl methyl sites for hydroxylation is 1. The number of hydrogen-bond donors (Lipinski definition) is 4. The summed E-state index contributed by atoms with van der Waals surface area (Å²) in [6, 6.07) is 8.53. The minimum Gasteiger partial charge on any atom is -0.492 e. The number of carbonyl (C=O) groups excluding carboxylic acids is 2. The number of methoxy groups -OCH3 is 1. The van der Waals surface area contributed by atoms with E-state index in [4.69, 9.17) is 10.5 Å². The summed E-state index contributed by atoms with van der Waals surface area (Å²) in [6.45, 7) is 9.26. The number of rotatable bonds is 8. The fourth-order valence-electron chi connectivity index (χ4n) is 3.80. The SMILES string of the molecule is CC(C)(C)C(N)=O.COc1c(NC(=O)c2ccc(C)c(-n3cc(C(=O)O)cn3)c2)cc(C2(C)CC2)cc1NS(C)(=O)=O. The Hall–Kier alpha value is -4.39. The Morgan fingerprint density at radius 1 is 1.10 bits per heavy atom. The molecule has 1 aromatic heterocycles. The number of nitrogens with one attached hydrogen (secondary N) is 2. The van der Waals surface area contributed by atoms with Crippen LogP contribution in [0.2, 0.25) is 0 Å². The first-order valence-corrected chi connectivity index (χ1v) is 14.9. The lowest BCUT2D eigenvalue weighted by molar-refractivity contribution is -0.125. The van der Waals surface area contributed by atoms with Crippen LogP contribution in [0.5, 0.6) is 5.75 Å². The third-order valence-corrected chi connectivity index (χ3v) is 7.41. The molecule has 0 bridgehead atoms. The van der Waals surface area contributed by atoms with Gasteiger partial charge in [-0.05, 0) is 60.6 Å². The van der Waals surface area contributed by atoms with E-state index in [2.05, 4.69) is 22.1 Å². The predicted molar refractivity (Wildman–Crippen MR) is 160 cm³/mol. The maximum absolute atomic E-state index is 13.2. The van der Waals surface area contributed by atoms with Crippen molar-refractivity contribution < 1.29 is 32.6 Å². The van der Waals surface area contributed by atoms with E-state index < -0.39 is 21.9 Å². The summed E-state index contributed by atoms with van der Waals surface area (Å²) in [5.74, 6) is -1.61. The number of carboxylic acid groups (broad SMARTS) is 1. The standard InChI is InChI=1S/C24H26N4O6S.C5H11NO/c1-14-5-6-15(9-20(14)28-13-16(12-25-28)23(30)31)22(29)26-18-10-17(24(2)7-8-24)11-19(21(18)34-3)27-35(4,32)33;1-5(2,3)4(6)7/h5-6,9-13,27H,7-8H2,1-4H3,(H,26,29)(H,30,31);1-3H3,(H2,6,7). The Morgan fingerprint density at radius 3 is 2.17 bits per heavy atom. The van der Waals surface area contributed by atoms with Gasteiger partial charge in [-0.15, -0.1) is 0 Å². The Kier molecular flexibility index (Phi) is 9.06. The monoisotopic (exact) mass is 599 g/mol. The van der Waals surface area contributed by atoms with Gasteiger partial charge < -0.3 is 20.9 Å². The number of aromatic nitrogens is 2. The number of carbonyl (C=O) groups is 3. The molecule has 0 unspecified atom stereocenters. The van der Waals surface area contributed by atoms with Crippen molar-refractivity contribution in [3.63, 3.8) is 0 Å². The molecule has 42 heavy (non-hydrogen) atoms. The van der Waals surface area contributed by atoms with Gasteiger partial charge in [0, 0.05) is 17.2 Å². The number of nitrogens with zero attached hydrogens (tertiary/aromatic N) is 2. The van der Waals surface area contributed by atoms with Crippen molar-refractivity contribution in [2.45, 2.75) is 52.9 Å². The van der Waals surface area contributed by atoms with Crippen molar-refractivity contribution in [3.05, 3.63) is 65.0 Å². The number of primary amides is 1. The van der Waals surface area contributed by atoms with Gasteiger partial charge in [0.05, 0.1) is 42.2 Å². The van der Waals surface area contributed by atoms with Crippen LogP contribution in [-0.2, 0) is 20.2 Å². The number of hydrogen-bond acceptors (Lipinski definition) is 7. The van der Waals surface area contributed by atoms with Crippen molar-refractivity contribution in [3.8, 4) is 11.4 Å². The third kappa shape index (κ3) is 7.87. The molecule has 2 amide bonds. The highest BCUT2D eigenvalue weighted by molar-refractivity contribution is 7.92. The van der Waals surface area contributed by atoms with Crippen LogP contribution < -0.4 is 20.5 Å². The van der Waals surface area contributed by atoms with E-state index in [0.717, 1.165) is 30.2 Å². The Bertz CT molecular complexity index is 1630. The molecule has 3 aromatic rings. The van der Waals surface area contributed by atoms with Crippen LogP contribution in [0, 0.1) is 12.3 Å². The quantitative estimate of drug-likeness (QED) is 0.299. The fourth-order valence-corrected chi connectivity index (χ4v) is 4.35. The van der Waals surface area contributed by atoms with Crippen molar-refractivity contribution in [2.24, 2.45) is 11.1 Å². The lowest BCUT2D eigenvalue weighted by Crippen LogP contribution is -2.27. The van der Waals surface area contributed by atoms with Gasteiger partial charge in [0.15, 0.2) is 5.75 Å². The second-order valence-electron chi connectivity index (χ2n) is 11.6. The maximum Gasteiger partial charge on any atom is 0.338 e. The molecule has 12 nitrogen and oxygen atoms in total. The molecule has 0 atom stereocenters. The molecule has 1 aliphatic rings. The van der Waals surface area contributed by atoms with Gasteiger partial charge in [-0.3, -0.25) is 14.3 Å². The highest BCUT2D eigenvalue weighted by atomic mass is 32.2. The minimum absolute atomic E-state index is 0.0280. The first-order chi connectivity index (χ1) is 19.3. The lowest BCUT2D eigenvalue weighted by atomic mass is 9.96. The van der Waals surface area contributed by atoms with Crippen molar-refractivity contribution in [1.29, 1.82) is 0 Å². The maximum atomic E-state index is 13.2. The molecule has 5 N–H and O–H groups in total. The van der Waals surface area contributed by atoms with Crippen molar-refractivity contribution in [1.82, 2.24) is 9.78 Å². The molecule has 1 saturated carbocycles. The largest absolute Gasteiger partial charge is 0.492 e. The zero-order chi connectivity index (χ0) is 31.6. The molecule has 13 heteroatoms. The normalized spacial score (nSPS) is 13.8. The zero-order valence-corrected chi connectivity index (χ0v) is 25.5. The highest BCUT2D eigenvalue weighted by Gasteiger charge is 2.40. The summed E-state index contributed by atoms with van der Waals surface area (Å²) in [4.78, 5) is 34.7. The molecular weight excluding hydrogens is 562 g/mol. The van der Waals surface area contributed by atoms with Gasteiger partial charge >= 0.3 is 5.97 Å². The van der Waals surface area contributed by atoms with Gasteiger partial charge in [-0.2, -0.15) is 5.10 Å². The van der Waals surface area contributed by atoms with Crippen LogP contribution in [0.15, 0.2) is 42.7 Å². The van der Waals surface area contributed by atoms with Gasteiger partial charge in [0.25, 0.3) is 5.91 Å². The van der Waals surface area contributed by atoms with Gasteiger partial charge in [-0.25, -0.2) is 17.9 Å². The molecule has 0 saturated heterocycles. The minimum atomic E-state index is -3.59.